The van der Waals surface area contributed by atoms with Crippen LogP contribution in [0.4, 0.5) is 10.1 Å². The van der Waals surface area contributed by atoms with E-state index in [0.717, 1.165) is 41.2 Å². The second-order valence-corrected chi connectivity index (χ2v) is 6.64. The van der Waals surface area contributed by atoms with Gasteiger partial charge in [-0.25, -0.2) is 4.39 Å². The Morgan fingerprint density at radius 1 is 1.00 bits per heavy atom. The van der Waals surface area contributed by atoms with Crippen LogP contribution in [-0.4, -0.2) is 9.97 Å². The molecule has 2 heterocycles. The van der Waals surface area contributed by atoms with E-state index in [1.807, 2.05) is 30.3 Å². The molecule has 1 saturated carbocycles. The Labute approximate surface area is 156 Å². The predicted molar refractivity (Wildman–Crippen MR) is 103 cm³/mol. The second kappa shape index (κ2) is 7.26. The summed E-state index contributed by atoms with van der Waals surface area (Å²) >= 11 is 5.97. The first kappa shape index (κ1) is 16.7. The molecule has 1 aliphatic rings. The number of halogens is 2. The number of pyridine rings is 2. The number of nitrogens with zero attached hydrogens (tertiary/aromatic N) is 2. The number of anilines is 1. The van der Waals surface area contributed by atoms with Gasteiger partial charge >= 0.3 is 0 Å². The summed E-state index contributed by atoms with van der Waals surface area (Å²) in [4.78, 5) is 8.81. The summed E-state index contributed by atoms with van der Waals surface area (Å²) in [7, 11) is 0. The maximum absolute atomic E-state index is 13.5. The molecule has 26 heavy (non-hydrogen) atoms. The fourth-order valence-corrected chi connectivity index (χ4v) is 3.08. The van der Waals surface area contributed by atoms with Gasteiger partial charge in [-0.2, -0.15) is 0 Å². The predicted octanol–water partition coefficient (Wildman–Crippen LogP) is 5.94. The van der Waals surface area contributed by atoms with E-state index < -0.39 is 5.82 Å². The first-order valence-electron chi connectivity index (χ1n) is 8.52. The van der Waals surface area contributed by atoms with Crippen LogP contribution in [0.2, 0.25) is 5.02 Å². The normalized spacial score (nSPS) is 13.2. The van der Waals surface area contributed by atoms with Gasteiger partial charge in [-0.05, 0) is 72.9 Å². The molecule has 1 aromatic carbocycles. The SMILES string of the molecule is Fc1ccc(C(Nc2ccc(-c3ccccn3)nc2)=C2CCC2)cc1Cl. The number of rotatable bonds is 4. The van der Waals surface area contributed by atoms with Crippen LogP contribution in [0.3, 0.4) is 0 Å². The molecule has 0 amide bonds. The van der Waals surface area contributed by atoms with Crippen LogP contribution >= 0.6 is 11.6 Å². The summed E-state index contributed by atoms with van der Waals surface area (Å²) in [6.07, 6.45) is 6.79. The third-order valence-electron chi connectivity index (χ3n) is 4.48. The number of hydrogen-bond acceptors (Lipinski definition) is 3. The van der Waals surface area contributed by atoms with E-state index in [1.165, 1.54) is 18.1 Å². The number of hydrogen-bond donors (Lipinski definition) is 1. The van der Waals surface area contributed by atoms with Gasteiger partial charge in [0.1, 0.15) is 5.82 Å². The van der Waals surface area contributed by atoms with E-state index in [4.69, 9.17) is 11.6 Å². The number of allylic oxidation sites excluding steroid dienone is 1. The summed E-state index contributed by atoms with van der Waals surface area (Å²) < 4.78 is 13.5. The lowest BCUT2D eigenvalue weighted by atomic mass is 9.88. The van der Waals surface area contributed by atoms with Crippen molar-refractivity contribution < 1.29 is 4.39 Å². The minimum Gasteiger partial charge on any atom is -0.354 e. The summed E-state index contributed by atoms with van der Waals surface area (Å²) in [5.41, 5.74) is 5.73. The zero-order valence-electron chi connectivity index (χ0n) is 14.0. The second-order valence-electron chi connectivity index (χ2n) is 6.23. The highest BCUT2D eigenvalue weighted by Crippen LogP contribution is 2.35. The minimum absolute atomic E-state index is 0.130. The lowest BCUT2D eigenvalue weighted by molar-refractivity contribution is 0.628. The van der Waals surface area contributed by atoms with Gasteiger partial charge < -0.3 is 5.32 Å². The standard InChI is InChI=1S/C21H17ClFN3/c22-17-12-15(7-9-18(17)23)21(14-4-3-5-14)26-16-8-10-20(25-13-16)19-6-1-2-11-24-19/h1-2,6-13,26H,3-5H2. The smallest absolute Gasteiger partial charge is 0.141 e. The van der Waals surface area contributed by atoms with E-state index in [1.54, 1.807) is 24.5 Å². The largest absolute Gasteiger partial charge is 0.354 e. The lowest BCUT2D eigenvalue weighted by Gasteiger charge is -2.24. The Hall–Kier alpha value is -2.72. The molecule has 5 heteroatoms. The zero-order chi connectivity index (χ0) is 17.9. The fraction of sp³-hybridized carbons (Fsp3) is 0.143. The van der Waals surface area contributed by atoms with Crippen molar-refractivity contribution in [1.29, 1.82) is 0 Å². The van der Waals surface area contributed by atoms with Gasteiger partial charge in [0, 0.05) is 11.9 Å². The van der Waals surface area contributed by atoms with E-state index in [-0.39, 0.29) is 5.02 Å². The topological polar surface area (TPSA) is 37.8 Å². The van der Waals surface area contributed by atoms with Crippen molar-refractivity contribution >= 4 is 23.0 Å². The average Bonchev–Trinajstić information content (AvgIpc) is 2.63. The van der Waals surface area contributed by atoms with Crippen LogP contribution < -0.4 is 5.32 Å². The Balaban J connectivity index is 1.62. The van der Waals surface area contributed by atoms with Crippen molar-refractivity contribution in [1.82, 2.24) is 9.97 Å². The summed E-state index contributed by atoms with van der Waals surface area (Å²) in [5, 5.41) is 3.57. The van der Waals surface area contributed by atoms with E-state index >= 15 is 0 Å². The molecule has 1 aliphatic carbocycles. The summed E-state index contributed by atoms with van der Waals surface area (Å²) in [5.74, 6) is -0.408. The maximum Gasteiger partial charge on any atom is 0.141 e. The molecule has 4 rings (SSSR count). The third-order valence-corrected chi connectivity index (χ3v) is 4.77. The van der Waals surface area contributed by atoms with Gasteiger partial charge in [-0.3, -0.25) is 9.97 Å². The monoisotopic (exact) mass is 365 g/mol. The van der Waals surface area contributed by atoms with E-state index in [9.17, 15) is 4.39 Å². The van der Waals surface area contributed by atoms with Crippen molar-refractivity contribution in [3.63, 3.8) is 0 Å². The van der Waals surface area contributed by atoms with E-state index in [2.05, 4.69) is 15.3 Å². The molecule has 0 unspecified atom stereocenters. The maximum atomic E-state index is 13.5. The molecule has 0 atom stereocenters. The quantitative estimate of drug-likeness (QED) is 0.621. The average molecular weight is 366 g/mol. The van der Waals surface area contributed by atoms with Crippen LogP contribution in [0.5, 0.6) is 0 Å². The molecular weight excluding hydrogens is 349 g/mol. The molecule has 3 nitrogen and oxygen atoms in total. The zero-order valence-corrected chi connectivity index (χ0v) is 14.8. The highest BCUT2D eigenvalue weighted by molar-refractivity contribution is 6.30. The molecule has 0 bridgehead atoms. The number of benzene rings is 1. The van der Waals surface area contributed by atoms with Gasteiger partial charge in [0.25, 0.3) is 0 Å². The van der Waals surface area contributed by atoms with Crippen molar-refractivity contribution in [2.75, 3.05) is 5.32 Å². The number of nitrogens with one attached hydrogen (secondary N) is 1. The summed E-state index contributed by atoms with van der Waals surface area (Å²) in [6, 6.07) is 14.5. The molecular formula is C21H17ClFN3. The van der Waals surface area contributed by atoms with Gasteiger partial charge in [-0.15, -0.1) is 0 Å². The van der Waals surface area contributed by atoms with Crippen molar-refractivity contribution in [3.05, 3.63) is 82.9 Å². The molecule has 1 fully saturated rings. The van der Waals surface area contributed by atoms with Crippen LogP contribution in [0, 0.1) is 5.82 Å². The third kappa shape index (κ3) is 3.46. The van der Waals surface area contributed by atoms with Crippen molar-refractivity contribution in [2.45, 2.75) is 19.3 Å². The Morgan fingerprint density at radius 2 is 1.85 bits per heavy atom. The highest BCUT2D eigenvalue weighted by atomic mass is 35.5. The lowest BCUT2D eigenvalue weighted by Crippen LogP contribution is -2.09. The van der Waals surface area contributed by atoms with E-state index in [0.29, 0.717) is 0 Å². The highest BCUT2D eigenvalue weighted by Gasteiger charge is 2.17. The molecule has 0 aliphatic heterocycles. The molecule has 3 aromatic rings. The van der Waals surface area contributed by atoms with Crippen LogP contribution in [0.15, 0.2) is 66.5 Å². The van der Waals surface area contributed by atoms with Crippen LogP contribution in [-0.2, 0) is 0 Å². The number of aromatic nitrogens is 2. The molecule has 2 aromatic heterocycles. The summed E-state index contributed by atoms with van der Waals surface area (Å²) in [6.45, 7) is 0. The van der Waals surface area contributed by atoms with Crippen molar-refractivity contribution in [3.8, 4) is 11.4 Å². The molecule has 1 N–H and O–H groups in total. The first-order chi connectivity index (χ1) is 12.7. The Morgan fingerprint density at radius 3 is 2.46 bits per heavy atom. The van der Waals surface area contributed by atoms with Gasteiger partial charge in [0.2, 0.25) is 0 Å². The van der Waals surface area contributed by atoms with Crippen LogP contribution in [0.25, 0.3) is 17.1 Å². The molecule has 0 saturated heterocycles. The van der Waals surface area contributed by atoms with Gasteiger partial charge in [-0.1, -0.05) is 17.7 Å². The Kier molecular flexibility index (Phi) is 4.67. The molecule has 130 valence electrons. The van der Waals surface area contributed by atoms with Crippen molar-refractivity contribution in [2.24, 2.45) is 0 Å². The first-order valence-corrected chi connectivity index (χ1v) is 8.90. The van der Waals surface area contributed by atoms with Gasteiger partial charge in [0.05, 0.1) is 28.3 Å². The van der Waals surface area contributed by atoms with Crippen LogP contribution in [0.1, 0.15) is 24.8 Å². The van der Waals surface area contributed by atoms with Gasteiger partial charge in [0.15, 0.2) is 0 Å². The minimum atomic E-state index is -0.408. The molecule has 0 spiro atoms. The Bertz CT molecular complexity index is 947. The molecule has 0 radical (unpaired) electrons. The fourth-order valence-electron chi connectivity index (χ4n) is 2.90.